The topological polar surface area (TPSA) is 114 Å². The summed E-state index contributed by atoms with van der Waals surface area (Å²) in [6.45, 7) is 2.00. The zero-order valence-corrected chi connectivity index (χ0v) is 19.1. The minimum atomic E-state index is -3.38. The predicted octanol–water partition coefficient (Wildman–Crippen LogP) is 2.85. The Labute approximate surface area is 187 Å². The molecule has 0 aliphatic carbocycles. The van der Waals surface area contributed by atoms with Gasteiger partial charge in [0.15, 0.2) is 0 Å². The Morgan fingerprint density at radius 2 is 1.78 bits per heavy atom. The van der Waals surface area contributed by atoms with Gasteiger partial charge in [0.25, 0.3) is 0 Å². The van der Waals surface area contributed by atoms with Crippen LogP contribution in [0.2, 0.25) is 0 Å². The van der Waals surface area contributed by atoms with E-state index in [2.05, 4.69) is 10.0 Å². The van der Waals surface area contributed by atoms with Crippen LogP contribution >= 0.6 is 0 Å². The Balaban J connectivity index is 1.66. The van der Waals surface area contributed by atoms with E-state index in [0.29, 0.717) is 35.0 Å². The molecule has 0 saturated carbocycles. The molecule has 0 radical (unpaired) electrons. The van der Waals surface area contributed by atoms with E-state index in [1.54, 1.807) is 49.4 Å². The number of amides is 2. The molecule has 2 aromatic rings. The first-order valence-corrected chi connectivity index (χ1v) is 11.9. The quantitative estimate of drug-likeness (QED) is 0.594. The van der Waals surface area contributed by atoms with Crippen molar-refractivity contribution in [2.24, 2.45) is 5.92 Å². The summed E-state index contributed by atoms with van der Waals surface area (Å²) in [7, 11) is -0.331. The van der Waals surface area contributed by atoms with Crippen LogP contribution in [0, 0.1) is 5.92 Å². The second-order valence-corrected chi connectivity index (χ2v) is 9.27. The van der Waals surface area contributed by atoms with E-state index in [-0.39, 0.29) is 30.5 Å². The number of hydrogen-bond donors (Lipinski definition) is 2. The number of benzene rings is 2. The molecule has 1 unspecified atom stereocenters. The third-order valence-electron chi connectivity index (χ3n) is 5.07. The lowest BCUT2D eigenvalue weighted by atomic mass is 10.1. The lowest BCUT2D eigenvalue weighted by Crippen LogP contribution is -2.28. The summed E-state index contributed by atoms with van der Waals surface area (Å²) in [6.07, 6.45) is 0.587. The van der Waals surface area contributed by atoms with E-state index in [1.165, 1.54) is 19.1 Å². The summed E-state index contributed by atoms with van der Waals surface area (Å²) in [6, 6.07) is 11.5. The maximum atomic E-state index is 12.8. The van der Waals surface area contributed by atoms with Gasteiger partial charge in [0.05, 0.1) is 31.6 Å². The second-order valence-electron chi connectivity index (χ2n) is 7.43. The maximum absolute atomic E-state index is 12.8. The normalized spacial score (nSPS) is 16.0. The minimum Gasteiger partial charge on any atom is -0.497 e. The van der Waals surface area contributed by atoms with Crippen molar-refractivity contribution in [3.05, 3.63) is 42.5 Å². The van der Waals surface area contributed by atoms with Crippen LogP contribution in [0.5, 0.6) is 11.5 Å². The number of methoxy groups -OCH3 is 2. The molecule has 1 aliphatic rings. The predicted molar refractivity (Wildman–Crippen MR) is 123 cm³/mol. The molecule has 1 saturated heterocycles. The molecule has 3 rings (SSSR count). The van der Waals surface area contributed by atoms with Crippen molar-refractivity contribution >= 4 is 38.9 Å². The van der Waals surface area contributed by atoms with Crippen LogP contribution in [0.3, 0.4) is 0 Å². The molecule has 172 valence electrons. The van der Waals surface area contributed by atoms with Crippen LogP contribution in [0.25, 0.3) is 0 Å². The van der Waals surface area contributed by atoms with E-state index in [4.69, 9.17) is 9.47 Å². The summed E-state index contributed by atoms with van der Waals surface area (Å²) >= 11 is 0. The van der Waals surface area contributed by atoms with Crippen LogP contribution in [-0.4, -0.2) is 46.7 Å². The van der Waals surface area contributed by atoms with Crippen LogP contribution in [0.4, 0.5) is 17.1 Å². The number of carbonyl (C=O) groups excluding carboxylic acids is 2. The van der Waals surface area contributed by atoms with Gasteiger partial charge in [-0.1, -0.05) is 6.92 Å². The third kappa shape index (κ3) is 5.50. The average Bonchev–Trinajstić information content (AvgIpc) is 3.16. The maximum Gasteiger partial charge on any atom is 0.232 e. The second kappa shape index (κ2) is 9.90. The van der Waals surface area contributed by atoms with Crippen LogP contribution in [-0.2, 0) is 19.6 Å². The first-order chi connectivity index (χ1) is 15.3. The van der Waals surface area contributed by atoms with Gasteiger partial charge in [-0.15, -0.1) is 0 Å². The number of nitrogens with one attached hydrogen (secondary N) is 2. The van der Waals surface area contributed by atoms with Crippen molar-refractivity contribution in [2.45, 2.75) is 19.8 Å². The number of nitrogens with zero attached hydrogens (tertiary/aromatic N) is 1. The SMILES string of the molecule is CCCS(=O)(=O)Nc1ccc(NC(=O)C2CC(=O)N(c3cc(OC)ccc3OC)C2)cc1. The van der Waals surface area contributed by atoms with Gasteiger partial charge in [-0.2, -0.15) is 0 Å². The first-order valence-electron chi connectivity index (χ1n) is 10.2. The smallest absolute Gasteiger partial charge is 0.232 e. The molecular weight excluding hydrogens is 434 g/mol. The molecule has 2 aromatic carbocycles. The van der Waals surface area contributed by atoms with Crippen LogP contribution in [0.1, 0.15) is 19.8 Å². The van der Waals surface area contributed by atoms with Crippen molar-refractivity contribution in [2.75, 3.05) is 41.5 Å². The highest BCUT2D eigenvalue weighted by Crippen LogP contribution is 2.36. The highest BCUT2D eigenvalue weighted by molar-refractivity contribution is 7.92. The van der Waals surface area contributed by atoms with Gasteiger partial charge >= 0.3 is 0 Å². The van der Waals surface area contributed by atoms with E-state index in [0.717, 1.165) is 0 Å². The molecule has 1 aliphatic heterocycles. The number of hydrogen-bond acceptors (Lipinski definition) is 6. The van der Waals surface area contributed by atoms with Gasteiger partial charge in [-0.3, -0.25) is 14.3 Å². The van der Waals surface area contributed by atoms with Crippen LogP contribution < -0.4 is 24.4 Å². The van der Waals surface area contributed by atoms with E-state index in [1.807, 2.05) is 0 Å². The lowest BCUT2D eigenvalue weighted by Gasteiger charge is -2.20. The van der Waals surface area contributed by atoms with Crippen LogP contribution in [0.15, 0.2) is 42.5 Å². The zero-order valence-electron chi connectivity index (χ0n) is 18.3. The van der Waals surface area contributed by atoms with Gasteiger partial charge in [-0.05, 0) is 42.8 Å². The van der Waals surface area contributed by atoms with E-state index in [9.17, 15) is 18.0 Å². The molecule has 9 nitrogen and oxygen atoms in total. The van der Waals surface area contributed by atoms with Crippen molar-refractivity contribution in [1.29, 1.82) is 0 Å². The largest absolute Gasteiger partial charge is 0.497 e. The fraction of sp³-hybridized carbons (Fsp3) is 0.364. The highest BCUT2D eigenvalue weighted by Gasteiger charge is 2.36. The lowest BCUT2D eigenvalue weighted by molar-refractivity contribution is -0.122. The van der Waals surface area contributed by atoms with Crippen molar-refractivity contribution in [3.8, 4) is 11.5 Å². The molecule has 0 aromatic heterocycles. The third-order valence-corrected chi connectivity index (χ3v) is 6.56. The molecular formula is C22H27N3O6S. The summed E-state index contributed by atoms with van der Waals surface area (Å²) in [5.41, 5.74) is 1.48. The molecule has 0 bridgehead atoms. The van der Waals surface area contributed by atoms with Gasteiger partial charge in [-0.25, -0.2) is 8.42 Å². The fourth-order valence-corrected chi connectivity index (χ4v) is 4.62. The molecule has 2 N–H and O–H groups in total. The number of carbonyl (C=O) groups is 2. The molecule has 2 amide bonds. The Kier molecular flexibility index (Phi) is 7.24. The van der Waals surface area contributed by atoms with Crippen molar-refractivity contribution in [3.63, 3.8) is 0 Å². The molecule has 0 spiro atoms. The summed E-state index contributed by atoms with van der Waals surface area (Å²) in [4.78, 5) is 26.9. The first kappa shape index (κ1) is 23.4. The molecule has 1 fully saturated rings. The fourth-order valence-electron chi connectivity index (χ4n) is 3.49. The zero-order chi connectivity index (χ0) is 23.3. The van der Waals surface area contributed by atoms with E-state index < -0.39 is 15.9 Å². The van der Waals surface area contributed by atoms with E-state index >= 15 is 0 Å². The molecule has 1 atom stereocenters. The number of anilines is 3. The Hall–Kier alpha value is -3.27. The summed E-state index contributed by atoms with van der Waals surface area (Å²) in [5, 5.41) is 2.79. The standard InChI is InChI=1S/C22H27N3O6S/c1-4-11-32(28,29)24-17-7-5-16(6-8-17)23-22(27)15-12-21(26)25(14-15)19-13-18(30-2)9-10-20(19)31-3/h5-10,13,15,24H,4,11-12,14H2,1-3H3,(H,23,27). The van der Waals surface area contributed by atoms with Crippen molar-refractivity contribution in [1.82, 2.24) is 0 Å². The van der Waals surface area contributed by atoms with Gasteiger partial charge in [0, 0.05) is 30.4 Å². The molecule has 32 heavy (non-hydrogen) atoms. The highest BCUT2D eigenvalue weighted by atomic mass is 32.2. The van der Waals surface area contributed by atoms with Gasteiger partial charge in [0.1, 0.15) is 11.5 Å². The number of rotatable bonds is 9. The minimum absolute atomic E-state index is 0.0375. The molecule has 10 heteroatoms. The van der Waals surface area contributed by atoms with Crippen molar-refractivity contribution < 1.29 is 27.5 Å². The van der Waals surface area contributed by atoms with Gasteiger partial charge < -0.3 is 19.7 Å². The average molecular weight is 462 g/mol. The van der Waals surface area contributed by atoms with Gasteiger partial charge in [0.2, 0.25) is 21.8 Å². The summed E-state index contributed by atoms with van der Waals surface area (Å²) < 4.78 is 36.8. The molecule has 1 heterocycles. The Morgan fingerprint density at radius 1 is 1.09 bits per heavy atom. The summed E-state index contributed by atoms with van der Waals surface area (Å²) in [5.74, 6) is 0.119. The number of sulfonamides is 1. The Bertz CT molecular complexity index is 1090. The monoisotopic (exact) mass is 461 g/mol. The Morgan fingerprint density at radius 3 is 2.41 bits per heavy atom. The number of ether oxygens (including phenoxy) is 2.